The van der Waals surface area contributed by atoms with Crippen LogP contribution in [0.1, 0.15) is 22.8 Å². The van der Waals surface area contributed by atoms with Gasteiger partial charge in [-0.2, -0.15) is 0 Å². The van der Waals surface area contributed by atoms with Crippen molar-refractivity contribution in [3.8, 4) is 11.5 Å². The van der Waals surface area contributed by atoms with Crippen LogP contribution < -0.4 is 14.8 Å². The normalized spacial score (nSPS) is 10.2. The van der Waals surface area contributed by atoms with Gasteiger partial charge in [0.05, 0.1) is 19.8 Å². The van der Waals surface area contributed by atoms with Crippen molar-refractivity contribution in [2.45, 2.75) is 13.3 Å². The number of methoxy groups -OCH3 is 2. The summed E-state index contributed by atoms with van der Waals surface area (Å²) in [6, 6.07) is 9.50. The van der Waals surface area contributed by atoms with E-state index in [1.54, 1.807) is 30.3 Å². The molecule has 0 unspecified atom stereocenters. The van der Waals surface area contributed by atoms with Crippen LogP contribution in [0.4, 0.5) is 10.1 Å². The monoisotopic (exact) mass is 303 g/mol. The predicted octanol–water partition coefficient (Wildman–Crippen LogP) is 3.66. The molecule has 0 saturated carbocycles. The lowest BCUT2D eigenvalue weighted by molar-refractivity contribution is 0.102. The van der Waals surface area contributed by atoms with Crippen molar-refractivity contribution >= 4 is 11.6 Å². The maximum Gasteiger partial charge on any atom is 0.258 e. The van der Waals surface area contributed by atoms with E-state index in [9.17, 15) is 9.18 Å². The van der Waals surface area contributed by atoms with E-state index in [0.29, 0.717) is 17.2 Å². The molecule has 4 nitrogen and oxygen atoms in total. The molecule has 0 radical (unpaired) electrons. The summed E-state index contributed by atoms with van der Waals surface area (Å²) in [5.41, 5.74) is 1.39. The number of anilines is 1. The van der Waals surface area contributed by atoms with Crippen LogP contribution in [0.5, 0.6) is 11.5 Å². The Morgan fingerprint density at radius 2 is 1.73 bits per heavy atom. The van der Waals surface area contributed by atoms with Crippen LogP contribution >= 0.6 is 0 Å². The molecule has 0 bridgehead atoms. The number of aryl methyl sites for hydroxylation is 1. The molecular formula is C17H18FNO3. The molecule has 2 aromatic rings. The minimum atomic E-state index is -0.551. The molecule has 0 atom stereocenters. The molecule has 5 heteroatoms. The Labute approximate surface area is 128 Å². The van der Waals surface area contributed by atoms with Gasteiger partial charge in [0.1, 0.15) is 17.3 Å². The molecule has 0 aliphatic rings. The second-order valence-corrected chi connectivity index (χ2v) is 4.72. The Balaban J connectivity index is 2.29. The van der Waals surface area contributed by atoms with Gasteiger partial charge in [-0.05, 0) is 24.1 Å². The van der Waals surface area contributed by atoms with Crippen molar-refractivity contribution < 1.29 is 18.7 Å². The van der Waals surface area contributed by atoms with Crippen LogP contribution in [0, 0.1) is 5.82 Å². The minimum Gasteiger partial charge on any atom is -0.497 e. The molecule has 0 aliphatic carbocycles. The number of benzene rings is 2. The quantitative estimate of drug-likeness (QED) is 0.917. The lowest BCUT2D eigenvalue weighted by Gasteiger charge is -2.11. The number of rotatable bonds is 5. The van der Waals surface area contributed by atoms with Gasteiger partial charge >= 0.3 is 0 Å². The van der Waals surface area contributed by atoms with Gasteiger partial charge in [-0.15, -0.1) is 0 Å². The number of hydrogen-bond donors (Lipinski definition) is 1. The largest absolute Gasteiger partial charge is 0.497 e. The molecule has 2 rings (SSSR count). The maximum absolute atomic E-state index is 13.8. The van der Waals surface area contributed by atoms with Crippen LogP contribution in [-0.2, 0) is 6.42 Å². The van der Waals surface area contributed by atoms with Crippen LogP contribution in [0.3, 0.4) is 0 Å². The first-order chi connectivity index (χ1) is 10.6. The second kappa shape index (κ2) is 6.93. The summed E-state index contributed by atoms with van der Waals surface area (Å²) < 4.78 is 24.1. The van der Waals surface area contributed by atoms with E-state index >= 15 is 0 Å². The number of carbonyl (C=O) groups is 1. The molecule has 0 aromatic heterocycles. The van der Waals surface area contributed by atoms with Crippen LogP contribution in [0.15, 0.2) is 36.4 Å². The zero-order chi connectivity index (χ0) is 16.1. The highest BCUT2D eigenvalue weighted by Crippen LogP contribution is 2.26. The van der Waals surface area contributed by atoms with Crippen molar-refractivity contribution in [1.82, 2.24) is 0 Å². The smallest absolute Gasteiger partial charge is 0.258 e. The van der Waals surface area contributed by atoms with Gasteiger partial charge in [0.15, 0.2) is 0 Å². The van der Waals surface area contributed by atoms with Gasteiger partial charge in [-0.25, -0.2) is 4.39 Å². The van der Waals surface area contributed by atoms with E-state index in [1.807, 2.05) is 6.92 Å². The molecule has 2 aromatic carbocycles. The number of amides is 1. The highest BCUT2D eigenvalue weighted by molar-refractivity contribution is 6.04. The summed E-state index contributed by atoms with van der Waals surface area (Å²) >= 11 is 0. The lowest BCUT2D eigenvalue weighted by atomic mass is 10.1. The SMILES string of the molecule is CCc1ccc(F)c(C(=O)Nc2cc(OC)cc(OC)c2)c1. The Morgan fingerprint density at radius 3 is 2.27 bits per heavy atom. The molecule has 0 fully saturated rings. The number of carbonyl (C=O) groups excluding carboxylic acids is 1. The number of nitrogens with one attached hydrogen (secondary N) is 1. The minimum absolute atomic E-state index is 0.0149. The molecule has 0 aliphatic heterocycles. The summed E-state index contributed by atoms with van der Waals surface area (Å²) in [5.74, 6) is 0.0162. The van der Waals surface area contributed by atoms with E-state index < -0.39 is 11.7 Å². The van der Waals surface area contributed by atoms with E-state index in [1.165, 1.54) is 20.3 Å². The Hall–Kier alpha value is -2.56. The Morgan fingerprint density at radius 1 is 1.09 bits per heavy atom. The van der Waals surface area contributed by atoms with Crippen molar-refractivity contribution in [2.75, 3.05) is 19.5 Å². The summed E-state index contributed by atoms with van der Waals surface area (Å²) in [5, 5.41) is 2.66. The zero-order valence-electron chi connectivity index (χ0n) is 12.8. The first kappa shape index (κ1) is 15.8. The first-order valence-corrected chi connectivity index (χ1v) is 6.90. The molecule has 0 heterocycles. The zero-order valence-corrected chi connectivity index (χ0v) is 12.8. The van der Waals surface area contributed by atoms with Crippen LogP contribution in [-0.4, -0.2) is 20.1 Å². The third-order valence-corrected chi connectivity index (χ3v) is 3.29. The Kier molecular flexibility index (Phi) is 4.99. The molecule has 0 saturated heterocycles. The number of ether oxygens (including phenoxy) is 2. The van der Waals surface area contributed by atoms with Crippen molar-refractivity contribution in [3.63, 3.8) is 0 Å². The lowest BCUT2D eigenvalue weighted by Crippen LogP contribution is -2.14. The maximum atomic E-state index is 13.8. The topological polar surface area (TPSA) is 47.6 Å². The third-order valence-electron chi connectivity index (χ3n) is 3.29. The standard InChI is InChI=1S/C17H18FNO3/c1-4-11-5-6-16(18)15(7-11)17(20)19-12-8-13(21-2)10-14(9-12)22-3/h5-10H,4H2,1-3H3,(H,19,20). The fourth-order valence-corrected chi connectivity index (χ4v) is 2.04. The first-order valence-electron chi connectivity index (χ1n) is 6.90. The Bertz CT molecular complexity index is 663. The van der Waals surface area contributed by atoms with Crippen LogP contribution in [0.25, 0.3) is 0 Å². The molecule has 0 spiro atoms. The summed E-state index contributed by atoms with van der Waals surface area (Å²) in [7, 11) is 3.04. The molecule has 1 amide bonds. The van der Waals surface area contributed by atoms with Crippen molar-refractivity contribution in [3.05, 3.63) is 53.3 Å². The van der Waals surface area contributed by atoms with Crippen molar-refractivity contribution in [1.29, 1.82) is 0 Å². The second-order valence-electron chi connectivity index (χ2n) is 4.72. The highest BCUT2D eigenvalue weighted by atomic mass is 19.1. The van der Waals surface area contributed by atoms with E-state index in [2.05, 4.69) is 5.32 Å². The molecular weight excluding hydrogens is 285 g/mol. The van der Waals surface area contributed by atoms with E-state index in [0.717, 1.165) is 12.0 Å². The van der Waals surface area contributed by atoms with Gasteiger partial charge in [0, 0.05) is 23.9 Å². The third kappa shape index (κ3) is 3.55. The fraction of sp³-hybridized carbons (Fsp3) is 0.235. The van der Waals surface area contributed by atoms with Gasteiger partial charge in [0.25, 0.3) is 5.91 Å². The number of hydrogen-bond acceptors (Lipinski definition) is 3. The average molecular weight is 303 g/mol. The predicted molar refractivity (Wildman–Crippen MR) is 83.3 cm³/mol. The average Bonchev–Trinajstić information content (AvgIpc) is 2.54. The van der Waals surface area contributed by atoms with Crippen LogP contribution in [0.2, 0.25) is 0 Å². The van der Waals surface area contributed by atoms with Crippen molar-refractivity contribution in [2.24, 2.45) is 0 Å². The van der Waals surface area contributed by atoms with Gasteiger partial charge in [0.2, 0.25) is 0 Å². The van der Waals surface area contributed by atoms with E-state index in [4.69, 9.17) is 9.47 Å². The molecule has 1 N–H and O–H groups in total. The van der Waals surface area contributed by atoms with Gasteiger partial charge in [-0.3, -0.25) is 4.79 Å². The highest BCUT2D eigenvalue weighted by Gasteiger charge is 2.13. The molecule has 116 valence electrons. The van der Waals surface area contributed by atoms with Gasteiger partial charge in [-0.1, -0.05) is 13.0 Å². The summed E-state index contributed by atoms with van der Waals surface area (Å²) in [6.07, 6.45) is 0.730. The number of halogens is 1. The fourth-order valence-electron chi connectivity index (χ4n) is 2.04. The summed E-state index contributed by atoms with van der Waals surface area (Å²) in [4.78, 5) is 12.3. The van der Waals surface area contributed by atoms with Gasteiger partial charge < -0.3 is 14.8 Å². The molecule has 22 heavy (non-hydrogen) atoms. The van der Waals surface area contributed by atoms with E-state index in [-0.39, 0.29) is 5.56 Å². The summed E-state index contributed by atoms with van der Waals surface area (Å²) in [6.45, 7) is 1.95.